The first kappa shape index (κ1) is 15.0. The van der Waals surface area contributed by atoms with Gasteiger partial charge in [-0.2, -0.15) is 0 Å². The van der Waals surface area contributed by atoms with Crippen molar-refractivity contribution in [3.8, 4) is 11.5 Å². The first-order valence-electron chi connectivity index (χ1n) is 7.61. The molecule has 1 aliphatic rings. The van der Waals surface area contributed by atoms with Gasteiger partial charge < -0.3 is 19.7 Å². The van der Waals surface area contributed by atoms with Crippen LogP contribution in [0.4, 0.5) is 5.69 Å². The van der Waals surface area contributed by atoms with Gasteiger partial charge in [0.2, 0.25) is 0 Å². The van der Waals surface area contributed by atoms with Crippen LogP contribution >= 0.6 is 0 Å². The molecule has 0 unspecified atom stereocenters. The van der Waals surface area contributed by atoms with Crippen LogP contribution in [0, 0.1) is 0 Å². The number of benzene rings is 1. The van der Waals surface area contributed by atoms with Crippen LogP contribution in [0.1, 0.15) is 26.2 Å². The molecule has 0 amide bonds. The highest BCUT2D eigenvalue weighted by molar-refractivity contribution is 5.62. The van der Waals surface area contributed by atoms with E-state index in [1.807, 2.05) is 12.1 Å². The van der Waals surface area contributed by atoms with E-state index in [9.17, 15) is 0 Å². The quantitative estimate of drug-likeness (QED) is 0.778. The van der Waals surface area contributed by atoms with Gasteiger partial charge in [0.05, 0.1) is 19.4 Å². The molecule has 1 N–H and O–H groups in total. The van der Waals surface area contributed by atoms with Gasteiger partial charge in [-0.25, -0.2) is 0 Å². The molecular formula is C16H26N2O2. The topological polar surface area (TPSA) is 33.7 Å². The van der Waals surface area contributed by atoms with Crippen molar-refractivity contribution >= 4 is 5.69 Å². The summed E-state index contributed by atoms with van der Waals surface area (Å²) in [6.07, 6.45) is 3.55. The molecule has 0 aromatic heterocycles. The molecule has 0 saturated carbocycles. The Hall–Kier alpha value is -1.42. The lowest BCUT2D eigenvalue weighted by molar-refractivity contribution is 0.305. The molecule has 2 rings (SSSR count). The van der Waals surface area contributed by atoms with Crippen LogP contribution in [0.15, 0.2) is 18.2 Å². The van der Waals surface area contributed by atoms with Crippen LogP contribution in [-0.2, 0) is 0 Å². The van der Waals surface area contributed by atoms with Crippen LogP contribution in [0.5, 0.6) is 11.5 Å². The number of hydrogen-bond donors (Lipinski definition) is 1. The Labute approximate surface area is 122 Å². The van der Waals surface area contributed by atoms with Crippen molar-refractivity contribution in [2.24, 2.45) is 0 Å². The molecule has 20 heavy (non-hydrogen) atoms. The van der Waals surface area contributed by atoms with Crippen LogP contribution in [-0.4, -0.2) is 39.9 Å². The zero-order valence-electron chi connectivity index (χ0n) is 12.7. The highest BCUT2D eigenvalue weighted by atomic mass is 16.5. The molecule has 0 aliphatic carbocycles. The van der Waals surface area contributed by atoms with Gasteiger partial charge in [0.15, 0.2) is 0 Å². The molecule has 0 atom stereocenters. The summed E-state index contributed by atoms with van der Waals surface area (Å²) in [6, 6.07) is 6.09. The number of ether oxygens (including phenoxy) is 2. The number of methoxy groups -OCH3 is 1. The fraction of sp³-hybridized carbons (Fsp3) is 0.625. The van der Waals surface area contributed by atoms with Crippen molar-refractivity contribution in [1.29, 1.82) is 0 Å². The van der Waals surface area contributed by atoms with Gasteiger partial charge in [0.25, 0.3) is 0 Å². The molecular weight excluding hydrogens is 252 g/mol. The smallest absolute Gasteiger partial charge is 0.142 e. The summed E-state index contributed by atoms with van der Waals surface area (Å²) < 4.78 is 11.3. The molecule has 0 radical (unpaired) electrons. The zero-order chi connectivity index (χ0) is 14.2. The Morgan fingerprint density at radius 1 is 1.20 bits per heavy atom. The largest absolute Gasteiger partial charge is 0.497 e. The van der Waals surface area contributed by atoms with E-state index in [4.69, 9.17) is 9.47 Å². The Morgan fingerprint density at radius 3 is 2.70 bits per heavy atom. The molecule has 4 nitrogen and oxygen atoms in total. The monoisotopic (exact) mass is 278 g/mol. The van der Waals surface area contributed by atoms with Crippen LogP contribution in [0.25, 0.3) is 0 Å². The number of nitrogens with zero attached hydrogens (tertiary/aromatic N) is 1. The minimum atomic E-state index is 0.791. The molecule has 112 valence electrons. The van der Waals surface area contributed by atoms with Crippen molar-refractivity contribution in [2.45, 2.75) is 26.2 Å². The van der Waals surface area contributed by atoms with Gasteiger partial charge in [-0.05, 0) is 18.6 Å². The number of nitrogens with one attached hydrogen (secondary N) is 1. The maximum atomic E-state index is 5.97. The van der Waals surface area contributed by atoms with E-state index < -0.39 is 0 Å². The van der Waals surface area contributed by atoms with E-state index in [1.165, 1.54) is 12.8 Å². The second-order valence-electron chi connectivity index (χ2n) is 5.13. The van der Waals surface area contributed by atoms with E-state index in [2.05, 4.69) is 23.2 Å². The van der Waals surface area contributed by atoms with E-state index >= 15 is 0 Å². The number of unbranched alkanes of at least 4 members (excludes halogenated alkanes) is 2. The fourth-order valence-electron chi connectivity index (χ4n) is 2.43. The molecule has 1 aromatic carbocycles. The minimum absolute atomic E-state index is 0.791. The SMILES string of the molecule is CCCCCOc1ccc(OC)cc1N1CCNCC1. The molecule has 1 aliphatic heterocycles. The lowest BCUT2D eigenvalue weighted by Crippen LogP contribution is -2.43. The third kappa shape index (κ3) is 4.04. The molecule has 1 fully saturated rings. The van der Waals surface area contributed by atoms with Gasteiger partial charge in [0, 0.05) is 32.2 Å². The number of anilines is 1. The molecule has 0 bridgehead atoms. The first-order chi connectivity index (χ1) is 9.85. The van der Waals surface area contributed by atoms with E-state index in [0.717, 1.165) is 56.4 Å². The summed E-state index contributed by atoms with van der Waals surface area (Å²) in [6.45, 7) is 7.06. The van der Waals surface area contributed by atoms with E-state index in [-0.39, 0.29) is 0 Å². The number of hydrogen-bond acceptors (Lipinski definition) is 4. The summed E-state index contributed by atoms with van der Waals surface area (Å²) in [7, 11) is 1.71. The van der Waals surface area contributed by atoms with Crippen molar-refractivity contribution in [2.75, 3.05) is 44.8 Å². The molecule has 1 saturated heterocycles. The summed E-state index contributed by atoms with van der Waals surface area (Å²) >= 11 is 0. The Morgan fingerprint density at radius 2 is 2.00 bits per heavy atom. The number of piperazine rings is 1. The van der Waals surface area contributed by atoms with Crippen LogP contribution in [0.2, 0.25) is 0 Å². The van der Waals surface area contributed by atoms with E-state index in [0.29, 0.717) is 0 Å². The second kappa shape index (κ2) is 8.00. The maximum Gasteiger partial charge on any atom is 0.142 e. The van der Waals surface area contributed by atoms with Gasteiger partial charge in [-0.3, -0.25) is 0 Å². The third-order valence-corrected chi connectivity index (χ3v) is 3.63. The predicted molar refractivity (Wildman–Crippen MR) is 83.1 cm³/mol. The number of rotatable bonds is 7. The molecule has 1 heterocycles. The molecule has 0 spiro atoms. The van der Waals surface area contributed by atoms with Gasteiger partial charge in [0.1, 0.15) is 11.5 Å². The molecule has 4 heteroatoms. The van der Waals surface area contributed by atoms with Crippen molar-refractivity contribution in [1.82, 2.24) is 5.32 Å². The Balaban J connectivity index is 2.07. The van der Waals surface area contributed by atoms with Crippen LogP contribution < -0.4 is 19.7 Å². The van der Waals surface area contributed by atoms with Gasteiger partial charge in [-0.15, -0.1) is 0 Å². The van der Waals surface area contributed by atoms with Gasteiger partial charge in [-0.1, -0.05) is 19.8 Å². The Kier molecular flexibility index (Phi) is 5.99. The first-order valence-corrected chi connectivity index (χ1v) is 7.61. The van der Waals surface area contributed by atoms with Crippen molar-refractivity contribution in [3.63, 3.8) is 0 Å². The van der Waals surface area contributed by atoms with Gasteiger partial charge >= 0.3 is 0 Å². The zero-order valence-corrected chi connectivity index (χ0v) is 12.7. The highest BCUT2D eigenvalue weighted by Gasteiger charge is 2.16. The third-order valence-electron chi connectivity index (χ3n) is 3.63. The summed E-state index contributed by atoms with van der Waals surface area (Å²) in [5.74, 6) is 1.86. The highest BCUT2D eigenvalue weighted by Crippen LogP contribution is 2.32. The van der Waals surface area contributed by atoms with Crippen molar-refractivity contribution < 1.29 is 9.47 Å². The maximum absolute atomic E-state index is 5.97. The van der Waals surface area contributed by atoms with E-state index in [1.54, 1.807) is 7.11 Å². The second-order valence-corrected chi connectivity index (χ2v) is 5.13. The molecule has 1 aromatic rings. The predicted octanol–water partition coefficient (Wildman–Crippen LogP) is 2.67. The minimum Gasteiger partial charge on any atom is -0.497 e. The lowest BCUT2D eigenvalue weighted by Gasteiger charge is -2.31. The normalized spacial score (nSPS) is 15.2. The average molecular weight is 278 g/mol. The average Bonchev–Trinajstić information content (AvgIpc) is 2.52. The lowest BCUT2D eigenvalue weighted by atomic mass is 10.2. The summed E-state index contributed by atoms with van der Waals surface area (Å²) in [5.41, 5.74) is 1.15. The Bertz CT molecular complexity index is 403. The van der Waals surface area contributed by atoms with Crippen molar-refractivity contribution in [3.05, 3.63) is 18.2 Å². The van der Waals surface area contributed by atoms with Crippen LogP contribution in [0.3, 0.4) is 0 Å². The fourth-order valence-corrected chi connectivity index (χ4v) is 2.43. The standard InChI is InChI=1S/C16H26N2O2/c1-3-4-5-12-20-16-7-6-14(19-2)13-15(16)18-10-8-17-9-11-18/h6-7,13,17H,3-5,8-12H2,1-2H3. The summed E-state index contributed by atoms with van der Waals surface area (Å²) in [5, 5.41) is 3.38. The summed E-state index contributed by atoms with van der Waals surface area (Å²) in [4.78, 5) is 2.37.